The molecule has 6 nitrogen and oxygen atoms in total. The number of nitrogens with two attached hydrogens (primary N) is 1. The van der Waals surface area contributed by atoms with E-state index < -0.39 is 0 Å². The molecule has 0 saturated carbocycles. The van der Waals surface area contributed by atoms with Gasteiger partial charge in [-0.1, -0.05) is 6.07 Å². The van der Waals surface area contributed by atoms with E-state index in [4.69, 9.17) is 10.8 Å². The zero-order chi connectivity index (χ0) is 13.8. The number of benzene rings is 1. The molecule has 0 aliphatic rings. The Morgan fingerprint density at radius 1 is 1.47 bits per heavy atom. The van der Waals surface area contributed by atoms with Crippen molar-refractivity contribution < 1.29 is 5.11 Å². The third kappa shape index (κ3) is 3.11. The van der Waals surface area contributed by atoms with Gasteiger partial charge in [-0.3, -0.25) is 9.78 Å². The highest BCUT2D eigenvalue weighted by Gasteiger charge is 2.07. The number of aliphatic hydroxyl groups excluding tert-OH is 1. The van der Waals surface area contributed by atoms with Crippen LogP contribution in [0.4, 0.5) is 17.3 Å². The average molecular weight is 260 g/mol. The van der Waals surface area contributed by atoms with Crippen molar-refractivity contribution in [2.24, 2.45) is 0 Å². The first-order chi connectivity index (χ1) is 9.10. The molecule has 100 valence electrons. The lowest BCUT2D eigenvalue weighted by Gasteiger charge is -2.08. The van der Waals surface area contributed by atoms with Crippen molar-refractivity contribution >= 4 is 17.3 Å². The molecule has 0 fully saturated rings. The highest BCUT2D eigenvalue weighted by molar-refractivity contribution is 5.59. The summed E-state index contributed by atoms with van der Waals surface area (Å²) >= 11 is 0. The van der Waals surface area contributed by atoms with E-state index in [1.54, 1.807) is 19.1 Å². The Morgan fingerprint density at radius 2 is 2.26 bits per heavy atom. The second-order valence-electron chi connectivity index (χ2n) is 4.20. The number of aryl methyl sites for hydroxylation is 1. The molecular weight excluding hydrogens is 244 g/mol. The molecule has 0 atom stereocenters. The number of nitrogens with zero attached hydrogens (tertiary/aromatic N) is 1. The molecule has 1 aromatic heterocycles. The average Bonchev–Trinajstić information content (AvgIpc) is 2.34. The molecule has 1 aromatic carbocycles. The molecule has 0 spiro atoms. The minimum atomic E-state index is -0.243. The second kappa shape index (κ2) is 5.53. The zero-order valence-electron chi connectivity index (χ0n) is 10.6. The summed E-state index contributed by atoms with van der Waals surface area (Å²) in [7, 11) is 0. The summed E-state index contributed by atoms with van der Waals surface area (Å²) in [5, 5.41) is 11.9. The smallest absolute Gasteiger partial charge is 0.255 e. The molecule has 6 heteroatoms. The molecule has 2 rings (SSSR count). The van der Waals surface area contributed by atoms with Crippen LogP contribution in [0.5, 0.6) is 0 Å². The standard InChI is InChI=1S/C13H16N4O2/c1-8-11(5-6-18)12(19)17-13(15-8)16-10-4-2-3-9(14)7-10/h2-4,7,18H,5-6,14H2,1H3,(H2,15,16,17,19). The minimum Gasteiger partial charge on any atom is -0.399 e. The number of aromatic nitrogens is 2. The summed E-state index contributed by atoms with van der Waals surface area (Å²) in [6.45, 7) is 1.67. The lowest BCUT2D eigenvalue weighted by atomic mass is 10.2. The summed E-state index contributed by atoms with van der Waals surface area (Å²) in [6, 6.07) is 7.16. The lowest BCUT2D eigenvalue weighted by molar-refractivity contribution is 0.298. The lowest BCUT2D eigenvalue weighted by Crippen LogP contribution is -2.19. The largest absolute Gasteiger partial charge is 0.399 e. The molecule has 0 saturated heterocycles. The van der Waals surface area contributed by atoms with E-state index in [9.17, 15) is 4.79 Å². The number of anilines is 3. The highest BCUT2D eigenvalue weighted by atomic mass is 16.3. The Labute approximate surface area is 110 Å². The van der Waals surface area contributed by atoms with Crippen LogP contribution in [0.15, 0.2) is 29.1 Å². The fourth-order valence-corrected chi connectivity index (χ4v) is 1.83. The van der Waals surface area contributed by atoms with Gasteiger partial charge in [-0.15, -0.1) is 0 Å². The van der Waals surface area contributed by atoms with Crippen molar-refractivity contribution in [1.29, 1.82) is 0 Å². The van der Waals surface area contributed by atoms with Crippen LogP contribution < -0.4 is 16.6 Å². The zero-order valence-corrected chi connectivity index (χ0v) is 10.6. The third-order valence-electron chi connectivity index (χ3n) is 2.73. The van der Waals surface area contributed by atoms with Crippen molar-refractivity contribution in [3.05, 3.63) is 45.9 Å². The van der Waals surface area contributed by atoms with Crippen LogP contribution in [0, 0.1) is 6.92 Å². The number of hydrogen-bond acceptors (Lipinski definition) is 5. The van der Waals surface area contributed by atoms with Gasteiger partial charge in [0.2, 0.25) is 5.95 Å². The molecule has 0 radical (unpaired) electrons. The van der Waals surface area contributed by atoms with E-state index in [0.29, 0.717) is 29.3 Å². The first-order valence-corrected chi connectivity index (χ1v) is 5.93. The molecule has 0 aliphatic heterocycles. The molecule has 0 aliphatic carbocycles. The molecule has 1 heterocycles. The Hall–Kier alpha value is -2.34. The van der Waals surface area contributed by atoms with Gasteiger partial charge in [0.25, 0.3) is 5.56 Å². The summed E-state index contributed by atoms with van der Waals surface area (Å²) in [5.41, 5.74) is 7.91. The summed E-state index contributed by atoms with van der Waals surface area (Å²) in [6.07, 6.45) is 0.298. The van der Waals surface area contributed by atoms with Crippen molar-refractivity contribution in [3.8, 4) is 0 Å². The van der Waals surface area contributed by atoms with Crippen molar-refractivity contribution in [1.82, 2.24) is 9.97 Å². The number of nitrogen functional groups attached to an aromatic ring is 1. The monoisotopic (exact) mass is 260 g/mol. The quantitative estimate of drug-likeness (QED) is 0.612. The number of aliphatic hydroxyl groups is 1. The topological polar surface area (TPSA) is 104 Å². The van der Waals surface area contributed by atoms with E-state index in [0.717, 1.165) is 5.69 Å². The molecule has 0 bridgehead atoms. The van der Waals surface area contributed by atoms with Gasteiger partial charge >= 0.3 is 0 Å². The number of H-pyrrole nitrogens is 1. The minimum absolute atomic E-state index is 0.0758. The van der Waals surface area contributed by atoms with Crippen LogP contribution in [0.3, 0.4) is 0 Å². The SMILES string of the molecule is Cc1nc(Nc2cccc(N)c2)[nH]c(=O)c1CCO. The van der Waals surface area contributed by atoms with E-state index in [1.165, 1.54) is 0 Å². The van der Waals surface area contributed by atoms with Crippen molar-refractivity contribution in [2.45, 2.75) is 13.3 Å². The van der Waals surface area contributed by atoms with Crippen molar-refractivity contribution in [3.63, 3.8) is 0 Å². The number of aromatic amines is 1. The Bertz CT molecular complexity index is 637. The summed E-state index contributed by atoms with van der Waals surface area (Å²) in [4.78, 5) is 18.7. The fraction of sp³-hybridized carbons (Fsp3) is 0.231. The van der Waals surface area contributed by atoms with E-state index >= 15 is 0 Å². The molecule has 5 N–H and O–H groups in total. The van der Waals surface area contributed by atoms with E-state index in [2.05, 4.69) is 15.3 Å². The van der Waals surface area contributed by atoms with Gasteiger partial charge in [0.05, 0.1) is 5.69 Å². The molecule has 0 amide bonds. The predicted molar refractivity (Wildman–Crippen MR) is 74.5 cm³/mol. The van der Waals surface area contributed by atoms with Gasteiger partial charge in [-0.05, 0) is 25.1 Å². The Morgan fingerprint density at radius 3 is 2.89 bits per heavy atom. The van der Waals surface area contributed by atoms with Gasteiger partial charge in [0.1, 0.15) is 0 Å². The van der Waals surface area contributed by atoms with Crippen molar-refractivity contribution in [2.75, 3.05) is 17.7 Å². The maximum Gasteiger partial charge on any atom is 0.255 e. The van der Waals surface area contributed by atoms with Crippen LogP contribution in [0.25, 0.3) is 0 Å². The van der Waals surface area contributed by atoms with Gasteiger partial charge in [-0.2, -0.15) is 0 Å². The molecule has 0 unspecified atom stereocenters. The Balaban J connectivity index is 2.29. The van der Waals surface area contributed by atoms with Gasteiger partial charge in [0.15, 0.2) is 0 Å². The van der Waals surface area contributed by atoms with Crippen LogP contribution in [-0.2, 0) is 6.42 Å². The predicted octanol–water partition coefficient (Wildman–Crippen LogP) is 0.939. The number of rotatable bonds is 4. The molecule has 19 heavy (non-hydrogen) atoms. The first kappa shape index (κ1) is 13.1. The first-order valence-electron chi connectivity index (χ1n) is 5.93. The van der Waals surface area contributed by atoms with Crippen LogP contribution >= 0.6 is 0 Å². The summed E-state index contributed by atoms with van der Waals surface area (Å²) in [5.74, 6) is 0.356. The van der Waals surface area contributed by atoms with Crippen LogP contribution in [-0.4, -0.2) is 21.7 Å². The highest BCUT2D eigenvalue weighted by Crippen LogP contribution is 2.15. The van der Waals surface area contributed by atoms with E-state index in [1.807, 2.05) is 12.1 Å². The normalized spacial score (nSPS) is 10.4. The van der Waals surface area contributed by atoms with Crippen LogP contribution in [0.1, 0.15) is 11.3 Å². The molecular formula is C13H16N4O2. The second-order valence-corrected chi connectivity index (χ2v) is 4.20. The van der Waals surface area contributed by atoms with Gasteiger partial charge < -0.3 is 16.2 Å². The number of nitrogens with one attached hydrogen (secondary N) is 2. The summed E-state index contributed by atoms with van der Waals surface area (Å²) < 4.78 is 0. The fourth-order valence-electron chi connectivity index (χ4n) is 1.83. The number of hydrogen-bond donors (Lipinski definition) is 4. The maximum absolute atomic E-state index is 11.8. The van der Waals surface area contributed by atoms with Gasteiger partial charge in [0, 0.05) is 30.0 Å². The third-order valence-corrected chi connectivity index (χ3v) is 2.73. The Kier molecular flexibility index (Phi) is 3.82. The van der Waals surface area contributed by atoms with Crippen LogP contribution in [0.2, 0.25) is 0 Å². The van der Waals surface area contributed by atoms with Gasteiger partial charge in [-0.25, -0.2) is 4.98 Å². The maximum atomic E-state index is 11.8. The molecule has 2 aromatic rings. The van der Waals surface area contributed by atoms with E-state index in [-0.39, 0.29) is 12.2 Å².